The van der Waals surface area contributed by atoms with Crippen LogP contribution in [-0.2, 0) is 0 Å². The lowest BCUT2D eigenvalue weighted by Crippen LogP contribution is -1.87. The summed E-state index contributed by atoms with van der Waals surface area (Å²) < 4.78 is 0. The maximum Gasteiger partial charge on any atom is 0.159 e. The van der Waals surface area contributed by atoms with Crippen molar-refractivity contribution in [1.29, 1.82) is 5.26 Å². The Morgan fingerprint density at radius 3 is 2.93 bits per heavy atom. The molecule has 0 fully saturated rings. The van der Waals surface area contributed by atoms with Crippen molar-refractivity contribution in [3.8, 4) is 11.8 Å². The van der Waals surface area contributed by atoms with Gasteiger partial charge in [-0.05, 0) is 24.6 Å². The number of aromatic hydroxyl groups is 1. The lowest BCUT2D eigenvalue weighted by atomic mass is 10.1. The minimum Gasteiger partial charge on any atom is -0.504 e. The molecule has 0 bridgehead atoms. The predicted octanol–water partition coefficient (Wildman–Crippen LogP) is 2.77. The summed E-state index contributed by atoms with van der Waals surface area (Å²) in [5, 5.41) is 19.7. The molecule has 4 heteroatoms. The number of aromatic nitrogens is 1. The first-order valence-electron chi connectivity index (χ1n) is 4.32. The average molecular weight is 219 g/mol. The van der Waals surface area contributed by atoms with Crippen LogP contribution < -0.4 is 0 Å². The summed E-state index contributed by atoms with van der Waals surface area (Å²) in [7, 11) is 0. The first-order chi connectivity index (χ1) is 7.15. The highest BCUT2D eigenvalue weighted by molar-refractivity contribution is 6.36. The highest BCUT2D eigenvalue weighted by atomic mass is 35.5. The van der Waals surface area contributed by atoms with Crippen LogP contribution in [0, 0.1) is 18.3 Å². The third kappa shape index (κ3) is 1.39. The van der Waals surface area contributed by atoms with Gasteiger partial charge in [0.2, 0.25) is 0 Å². The zero-order valence-corrected chi connectivity index (χ0v) is 8.71. The van der Waals surface area contributed by atoms with E-state index in [1.807, 2.05) is 13.0 Å². The lowest BCUT2D eigenvalue weighted by molar-refractivity contribution is 0.478. The van der Waals surface area contributed by atoms with Crippen molar-refractivity contribution in [2.45, 2.75) is 6.92 Å². The molecule has 74 valence electrons. The topological polar surface area (TPSA) is 56.9 Å². The number of halogens is 1. The van der Waals surface area contributed by atoms with Gasteiger partial charge in [0.05, 0.1) is 10.6 Å². The van der Waals surface area contributed by atoms with Crippen LogP contribution in [0.25, 0.3) is 10.9 Å². The molecule has 0 atom stereocenters. The number of hydrogen-bond acceptors (Lipinski definition) is 3. The van der Waals surface area contributed by atoms with E-state index in [1.165, 1.54) is 6.07 Å². The number of phenols is 1. The molecule has 0 aliphatic carbocycles. The van der Waals surface area contributed by atoms with Gasteiger partial charge in [0.15, 0.2) is 5.75 Å². The van der Waals surface area contributed by atoms with Crippen LogP contribution >= 0.6 is 11.6 Å². The molecule has 0 aliphatic heterocycles. The fraction of sp³-hybridized carbons (Fsp3) is 0.0909. The Balaban J connectivity index is 3.01. The Morgan fingerprint density at radius 1 is 1.53 bits per heavy atom. The van der Waals surface area contributed by atoms with Crippen molar-refractivity contribution >= 4 is 22.5 Å². The minimum absolute atomic E-state index is 0.111. The monoisotopic (exact) mass is 218 g/mol. The van der Waals surface area contributed by atoms with Crippen molar-refractivity contribution in [3.05, 3.63) is 34.5 Å². The highest BCUT2D eigenvalue weighted by Gasteiger charge is 2.12. The van der Waals surface area contributed by atoms with Gasteiger partial charge < -0.3 is 5.11 Å². The van der Waals surface area contributed by atoms with Crippen LogP contribution in [0.5, 0.6) is 5.75 Å². The second kappa shape index (κ2) is 3.41. The molecule has 15 heavy (non-hydrogen) atoms. The number of aryl methyl sites for hydroxylation is 1. The molecule has 0 unspecified atom stereocenters. The molecular formula is C11H7ClN2O. The molecule has 0 amide bonds. The van der Waals surface area contributed by atoms with Gasteiger partial charge >= 0.3 is 0 Å². The van der Waals surface area contributed by atoms with E-state index in [2.05, 4.69) is 4.98 Å². The molecule has 2 rings (SSSR count). The summed E-state index contributed by atoms with van der Waals surface area (Å²) in [5.41, 5.74) is 1.44. The second-order valence-corrected chi connectivity index (χ2v) is 3.63. The zero-order valence-electron chi connectivity index (χ0n) is 7.95. The maximum absolute atomic E-state index is 9.75. The number of hydrogen-bond donors (Lipinski definition) is 1. The number of rotatable bonds is 0. The quantitative estimate of drug-likeness (QED) is 0.740. The van der Waals surface area contributed by atoms with E-state index in [4.69, 9.17) is 16.9 Å². The van der Waals surface area contributed by atoms with E-state index >= 15 is 0 Å². The molecule has 1 aromatic carbocycles. The number of fused-ring (bicyclic) bond motifs is 1. The maximum atomic E-state index is 9.75. The van der Waals surface area contributed by atoms with Gasteiger partial charge in [0.1, 0.15) is 11.6 Å². The summed E-state index contributed by atoms with van der Waals surface area (Å²) in [4.78, 5) is 4.03. The van der Waals surface area contributed by atoms with Gasteiger partial charge in [-0.15, -0.1) is 0 Å². The minimum atomic E-state index is -0.111. The molecule has 0 saturated carbocycles. The third-order valence-corrected chi connectivity index (χ3v) is 2.57. The Morgan fingerprint density at radius 2 is 2.27 bits per heavy atom. The van der Waals surface area contributed by atoms with Crippen molar-refractivity contribution in [1.82, 2.24) is 4.98 Å². The molecule has 3 nitrogen and oxygen atoms in total. The molecule has 1 heterocycles. The highest BCUT2D eigenvalue weighted by Crippen LogP contribution is 2.34. The van der Waals surface area contributed by atoms with Gasteiger partial charge in [0.25, 0.3) is 0 Å². The SMILES string of the molecule is Cc1ccnc2c(O)c(C#N)cc(Cl)c12. The Kier molecular flexibility index (Phi) is 2.22. The fourth-order valence-electron chi connectivity index (χ4n) is 1.52. The molecule has 0 spiro atoms. The largest absolute Gasteiger partial charge is 0.504 e. The standard InChI is InChI=1S/C11H7ClN2O/c1-6-2-3-14-10-9(6)8(12)4-7(5-13)11(10)15/h2-4,15H,1H3. The Bertz CT molecular complexity index is 587. The van der Waals surface area contributed by atoms with E-state index in [1.54, 1.807) is 12.3 Å². The molecule has 2 aromatic rings. The molecule has 1 N–H and O–H groups in total. The van der Waals surface area contributed by atoms with Gasteiger partial charge in [-0.3, -0.25) is 4.98 Å². The molecular weight excluding hydrogens is 212 g/mol. The summed E-state index contributed by atoms with van der Waals surface area (Å²) in [6, 6.07) is 5.13. The lowest BCUT2D eigenvalue weighted by Gasteiger charge is -2.06. The van der Waals surface area contributed by atoms with Crippen LogP contribution in [0.2, 0.25) is 5.02 Å². The van der Waals surface area contributed by atoms with E-state index < -0.39 is 0 Å². The number of phenolic OH excluding ortho intramolecular Hbond substituents is 1. The Labute approximate surface area is 91.6 Å². The van der Waals surface area contributed by atoms with Crippen molar-refractivity contribution in [2.75, 3.05) is 0 Å². The smallest absolute Gasteiger partial charge is 0.159 e. The molecule has 1 aromatic heterocycles. The Hall–Kier alpha value is -1.79. The molecule has 0 radical (unpaired) electrons. The average Bonchev–Trinajstić information content (AvgIpc) is 2.23. The molecule has 0 saturated heterocycles. The fourth-order valence-corrected chi connectivity index (χ4v) is 1.87. The van der Waals surface area contributed by atoms with E-state index in [9.17, 15) is 5.11 Å². The first-order valence-corrected chi connectivity index (χ1v) is 4.70. The van der Waals surface area contributed by atoms with Crippen LogP contribution in [0.15, 0.2) is 18.3 Å². The van der Waals surface area contributed by atoms with Crippen LogP contribution in [0.4, 0.5) is 0 Å². The predicted molar refractivity (Wildman–Crippen MR) is 57.9 cm³/mol. The van der Waals surface area contributed by atoms with Crippen molar-refractivity contribution < 1.29 is 5.11 Å². The first kappa shape index (κ1) is 9.75. The summed E-state index contributed by atoms with van der Waals surface area (Å²) in [6.07, 6.45) is 1.58. The van der Waals surface area contributed by atoms with Gasteiger partial charge in [0, 0.05) is 11.6 Å². The van der Waals surface area contributed by atoms with Crippen LogP contribution in [0.1, 0.15) is 11.1 Å². The number of benzene rings is 1. The number of nitrogens with zero attached hydrogens (tertiary/aromatic N) is 2. The number of nitriles is 1. The van der Waals surface area contributed by atoms with Gasteiger partial charge in [-0.25, -0.2) is 0 Å². The van der Waals surface area contributed by atoms with Gasteiger partial charge in [-0.1, -0.05) is 11.6 Å². The van der Waals surface area contributed by atoms with Crippen LogP contribution in [0.3, 0.4) is 0 Å². The third-order valence-electron chi connectivity index (χ3n) is 2.27. The zero-order chi connectivity index (χ0) is 11.0. The molecule has 0 aliphatic rings. The summed E-state index contributed by atoms with van der Waals surface area (Å²) in [5.74, 6) is -0.111. The summed E-state index contributed by atoms with van der Waals surface area (Å²) >= 11 is 6.02. The summed E-state index contributed by atoms with van der Waals surface area (Å²) in [6.45, 7) is 1.88. The van der Waals surface area contributed by atoms with E-state index in [0.717, 1.165) is 5.56 Å². The van der Waals surface area contributed by atoms with Crippen LogP contribution in [-0.4, -0.2) is 10.1 Å². The van der Waals surface area contributed by atoms with E-state index in [-0.39, 0.29) is 11.3 Å². The van der Waals surface area contributed by atoms with Crippen molar-refractivity contribution in [2.24, 2.45) is 0 Å². The normalized spacial score (nSPS) is 10.2. The van der Waals surface area contributed by atoms with E-state index in [0.29, 0.717) is 15.9 Å². The second-order valence-electron chi connectivity index (χ2n) is 3.22. The van der Waals surface area contributed by atoms with Gasteiger partial charge in [-0.2, -0.15) is 5.26 Å². The van der Waals surface area contributed by atoms with Crippen molar-refractivity contribution in [3.63, 3.8) is 0 Å². The number of pyridine rings is 1.